The van der Waals surface area contributed by atoms with E-state index < -0.39 is 4.92 Å². The van der Waals surface area contributed by atoms with E-state index in [1.54, 1.807) is 36.4 Å². The Bertz CT molecular complexity index is 747. The average molecular weight is 358 g/mol. The van der Waals surface area contributed by atoms with Gasteiger partial charge in [-0.05, 0) is 17.7 Å². The van der Waals surface area contributed by atoms with Gasteiger partial charge in [0.05, 0.1) is 10.7 Å². The number of nitro benzene ring substituents is 1. The minimum Gasteiger partial charge on any atom is -0.489 e. The molecule has 0 bridgehead atoms. The van der Waals surface area contributed by atoms with Gasteiger partial charge in [-0.25, -0.2) is 0 Å². The number of hydrogen-bond acceptors (Lipinski definition) is 5. The number of rotatable bonds is 9. The summed E-state index contributed by atoms with van der Waals surface area (Å²) in [5.74, 6) is 1.44. The number of carbonyl (C=O) groups is 1. The van der Waals surface area contributed by atoms with Crippen LogP contribution in [0.1, 0.15) is 5.56 Å². The summed E-state index contributed by atoms with van der Waals surface area (Å²) in [7, 11) is 0. The number of ether oxygens (including phenoxy) is 1. The molecule has 0 heterocycles. The molecule has 0 spiro atoms. The van der Waals surface area contributed by atoms with Crippen molar-refractivity contribution in [3.8, 4) is 5.75 Å². The van der Waals surface area contributed by atoms with Crippen molar-refractivity contribution in [2.24, 2.45) is 0 Å². The Morgan fingerprint density at radius 2 is 2.04 bits per heavy atom. The number of amides is 1. The summed E-state index contributed by atoms with van der Waals surface area (Å²) in [5.41, 5.74) is 1.66. The molecule has 0 saturated heterocycles. The highest BCUT2D eigenvalue weighted by atomic mass is 32.2. The highest BCUT2D eigenvalue weighted by Crippen LogP contribution is 2.19. The van der Waals surface area contributed by atoms with Crippen molar-refractivity contribution in [1.82, 2.24) is 0 Å². The van der Waals surface area contributed by atoms with Crippen molar-refractivity contribution >= 4 is 29.0 Å². The molecule has 25 heavy (non-hydrogen) atoms. The fourth-order valence-electron chi connectivity index (χ4n) is 1.99. The lowest BCUT2D eigenvalue weighted by atomic mass is 10.2. The van der Waals surface area contributed by atoms with Crippen molar-refractivity contribution < 1.29 is 14.5 Å². The van der Waals surface area contributed by atoms with Crippen LogP contribution in [0.3, 0.4) is 0 Å². The molecule has 0 unspecified atom stereocenters. The zero-order valence-corrected chi connectivity index (χ0v) is 14.3. The molecule has 2 rings (SSSR count). The zero-order chi connectivity index (χ0) is 18.1. The second-order valence-electron chi connectivity index (χ2n) is 5.09. The SMILES string of the molecule is C=CCOc1cccc(NC(=O)CSCc2ccc([N+](=O)[O-])cc2)c1. The molecule has 1 amide bonds. The summed E-state index contributed by atoms with van der Waals surface area (Å²) in [5, 5.41) is 13.4. The van der Waals surface area contributed by atoms with E-state index in [9.17, 15) is 14.9 Å². The third-order valence-electron chi connectivity index (χ3n) is 3.13. The molecule has 6 nitrogen and oxygen atoms in total. The van der Waals surface area contributed by atoms with E-state index >= 15 is 0 Å². The molecule has 0 aliphatic heterocycles. The Kier molecular flexibility index (Phi) is 7.03. The van der Waals surface area contributed by atoms with Gasteiger partial charge in [0, 0.05) is 29.6 Å². The highest BCUT2D eigenvalue weighted by molar-refractivity contribution is 7.99. The monoisotopic (exact) mass is 358 g/mol. The van der Waals surface area contributed by atoms with Gasteiger partial charge in [-0.3, -0.25) is 14.9 Å². The van der Waals surface area contributed by atoms with E-state index in [4.69, 9.17) is 4.74 Å². The molecule has 0 radical (unpaired) electrons. The number of carbonyl (C=O) groups excluding carboxylic acids is 1. The van der Waals surface area contributed by atoms with Gasteiger partial charge in [-0.2, -0.15) is 0 Å². The third kappa shape index (κ3) is 6.31. The van der Waals surface area contributed by atoms with Gasteiger partial charge in [0.2, 0.25) is 5.91 Å². The van der Waals surface area contributed by atoms with Gasteiger partial charge in [0.25, 0.3) is 5.69 Å². The molecule has 2 aromatic carbocycles. The van der Waals surface area contributed by atoms with E-state index in [1.807, 2.05) is 6.07 Å². The number of nitrogens with zero attached hydrogens (tertiary/aromatic N) is 1. The summed E-state index contributed by atoms with van der Waals surface area (Å²) in [6, 6.07) is 13.5. The molecular formula is C18H18N2O4S. The summed E-state index contributed by atoms with van der Waals surface area (Å²) in [6.45, 7) is 3.99. The Hall–Kier alpha value is -2.80. The number of benzene rings is 2. The maximum absolute atomic E-state index is 12.0. The first-order valence-corrected chi connectivity index (χ1v) is 8.68. The first kappa shape index (κ1) is 18.5. The standard InChI is InChI=1S/C18H18N2O4S/c1-2-10-24-17-5-3-4-15(11-17)19-18(21)13-25-12-14-6-8-16(9-7-14)20(22)23/h2-9,11H,1,10,12-13H2,(H,19,21). The van der Waals surface area contributed by atoms with Gasteiger partial charge in [0.15, 0.2) is 0 Å². The predicted octanol–water partition coefficient (Wildman–Crippen LogP) is 4.03. The van der Waals surface area contributed by atoms with Crippen molar-refractivity contribution in [3.63, 3.8) is 0 Å². The van der Waals surface area contributed by atoms with Crippen LogP contribution in [0.15, 0.2) is 61.2 Å². The van der Waals surface area contributed by atoms with Crippen molar-refractivity contribution in [2.45, 2.75) is 5.75 Å². The Morgan fingerprint density at radius 1 is 1.28 bits per heavy atom. The van der Waals surface area contributed by atoms with Crippen molar-refractivity contribution in [3.05, 3.63) is 76.9 Å². The minimum absolute atomic E-state index is 0.0602. The maximum atomic E-state index is 12.0. The maximum Gasteiger partial charge on any atom is 0.269 e. The normalized spacial score (nSPS) is 10.1. The number of non-ortho nitro benzene ring substituents is 1. The smallest absolute Gasteiger partial charge is 0.269 e. The largest absolute Gasteiger partial charge is 0.489 e. The number of nitrogens with one attached hydrogen (secondary N) is 1. The van der Waals surface area contributed by atoms with Crippen molar-refractivity contribution in [1.29, 1.82) is 0 Å². The lowest BCUT2D eigenvalue weighted by Gasteiger charge is -2.08. The van der Waals surface area contributed by atoms with Crippen LogP contribution in [0.25, 0.3) is 0 Å². The zero-order valence-electron chi connectivity index (χ0n) is 13.5. The van der Waals surface area contributed by atoms with E-state index in [-0.39, 0.29) is 17.3 Å². The predicted molar refractivity (Wildman–Crippen MR) is 100 cm³/mol. The molecule has 7 heteroatoms. The van der Waals surface area contributed by atoms with E-state index in [0.717, 1.165) is 5.56 Å². The van der Waals surface area contributed by atoms with Gasteiger partial charge >= 0.3 is 0 Å². The van der Waals surface area contributed by atoms with Crippen LogP contribution in [0, 0.1) is 10.1 Å². The van der Waals surface area contributed by atoms with Gasteiger partial charge < -0.3 is 10.1 Å². The van der Waals surface area contributed by atoms with Crippen LogP contribution in [0.5, 0.6) is 5.75 Å². The van der Waals surface area contributed by atoms with Crippen molar-refractivity contribution in [2.75, 3.05) is 17.7 Å². The minimum atomic E-state index is -0.433. The molecule has 130 valence electrons. The summed E-state index contributed by atoms with van der Waals surface area (Å²) < 4.78 is 5.42. The summed E-state index contributed by atoms with van der Waals surface area (Å²) in [6.07, 6.45) is 1.65. The molecule has 0 saturated carbocycles. The highest BCUT2D eigenvalue weighted by Gasteiger charge is 2.06. The number of thioether (sulfide) groups is 1. The van der Waals surface area contributed by atoms with Crippen LogP contribution in [0.4, 0.5) is 11.4 Å². The molecule has 2 aromatic rings. The van der Waals surface area contributed by atoms with Crippen LogP contribution in [-0.2, 0) is 10.5 Å². The second kappa shape index (κ2) is 9.48. The molecule has 0 aromatic heterocycles. The van der Waals surface area contributed by atoms with Crippen LogP contribution >= 0.6 is 11.8 Å². The Balaban J connectivity index is 1.78. The topological polar surface area (TPSA) is 81.5 Å². The lowest BCUT2D eigenvalue weighted by Crippen LogP contribution is -2.14. The fourth-order valence-corrected chi connectivity index (χ4v) is 2.78. The molecule has 0 aliphatic rings. The lowest BCUT2D eigenvalue weighted by molar-refractivity contribution is -0.384. The van der Waals surface area contributed by atoms with Crippen LogP contribution in [0.2, 0.25) is 0 Å². The molecule has 1 N–H and O–H groups in total. The number of hydrogen-bond donors (Lipinski definition) is 1. The number of anilines is 1. The molecule has 0 aliphatic carbocycles. The number of nitro groups is 1. The van der Waals surface area contributed by atoms with Crippen LogP contribution < -0.4 is 10.1 Å². The Labute approximate surface area is 150 Å². The quantitative estimate of drug-likeness (QED) is 0.416. The van der Waals surface area contributed by atoms with Crippen LogP contribution in [-0.4, -0.2) is 23.2 Å². The second-order valence-corrected chi connectivity index (χ2v) is 6.08. The first-order chi connectivity index (χ1) is 12.1. The third-order valence-corrected chi connectivity index (χ3v) is 4.14. The molecule has 0 fully saturated rings. The summed E-state index contributed by atoms with van der Waals surface area (Å²) >= 11 is 1.44. The average Bonchev–Trinajstić information content (AvgIpc) is 2.60. The van der Waals surface area contributed by atoms with E-state index in [0.29, 0.717) is 23.8 Å². The van der Waals surface area contributed by atoms with Gasteiger partial charge in [-0.15, -0.1) is 11.8 Å². The molecule has 0 atom stereocenters. The van der Waals surface area contributed by atoms with E-state index in [2.05, 4.69) is 11.9 Å². The summed E-state index contributed by atoms with van der Waals surface area (Å²) in [4.78, 5) is 22.2. The molecular weight excluding hydrogens is 340 g/mol. The first-order valence-electron chi connectivity index (χ1n) is 7.53. The Morgan fingerprint density at radius 3 is 2.72 bits per heavy atom. The fraction of sp³-hybridized carbons (Fsp3) is 0.167. The van der Waals surface area contributed by atoms with Gasteiger partial charge in [-0.1, -0.05) is 30.9 Å². The van der Waals surface area contributed by atoms with Gasteiger partial charge in [0.1, 0.15) is 12.4 Å². The van der Waals surface area contributed by atoms with E-state index in [1.165, 1.54) is 23.9 Å².